The van der Waals surface area contributed by atoms with Crippen molar-refractivity contribution < 1.29 is 15.0 Å². The molecule has 0 radical (unpaired) electrons. The van der Waals surface area contributed by atoms with Crippen LogP contribution < -0.4 is 0 Å². The maximum atomic E-state index is 11.3. The lowest BCUT2D eigenvalue weighted by Crippen LogP contribution is -2.52. The summed E-state index contributed by atoms with van der Waals surface area (Å²) in [6, 6.07) is 0. The van der Waals surface area contributed by atoms with Crippen LogP contribution in [0.4, 0.5) is 0 Å². The number of aliphatic carboxylic acids is 1. The Morgan fingerprint density at radius 1 is 1.06 bits per heavy atom. The van der Waals surface area contributed by atoms with Gasteiger partial charge in [0.1, 0.15) is 0 Å². The highest BCUT2D eigenvalue weighted by atomic mass is 16.4. The molecule has 3 nitrogen and oxygen atoms in total. The van der Waals surface area contributed by atoms with Gasteiger partial charge in [0, 0.05) is 0 Å². The quantitative estimate of drug-likeness (QED) is 0.407. The van der Waals surface area contributed by atoms with E-state index in [0.29, 0.717) is 24.2 Å². The maximum Gasteiger partial charge on any atom is 0.306 e. The monoisotopic (exact) mass is 444 g/mol. The van der Waals surface area contributed by atoms with Crippen molar-refractivity contribution in [2.75, 3.05) is 0 Å². The van der Waals surface area contributed by atoms with Gasteiger partial charge < -0.3 is 10.2 Å². The lowest BCUT2D eigenvalue weighted by atomic mass is 9.46. The third-order valence-electron chi connectivity index (χ3n) is 10.9. The van der Waals surface area contributed by atoms with Crippen LogP contribution in [0.25, 0.3) is 0 Å². The molecule has 0 aliphatic heterocycles. The molecule has 32 heavy (non-hydrogen) atoms. The molecule has 0 aromatic carbocycles. The Labute approximate surface area is 196 Å². The molecule has 4 aliphatic rings. The lowest BCUT2D eigenvalue weighted by molar-refractivity contribution is -0.145. The minimum absolute atomic E-state index is 0.119. The predicted octanol–water partition coefficient (Wildman–Crippen LogP) is 7.23. The minimum Gasteiger partial charge on any atom is -0.481 e. The Morgan fingerprint density at radius 3 is 2.50 bits per heavy atom. The number of carbonyl (C=O) groups is 1. The molecule has 0 aromatic rings. The minimum atomic E-state index is -1.04. The molecular formula is C29H48O3. The normalized spacial score (nSPS) is 44.4. The van der Waals surface area contributed by atoms with E-state index in [-0.39, 0.29) is 11.8 Å². The molecule has 0 amide bonds. The van der Waals surface area contributed by atoms with E-state index in [0.717, 1.165) is 42.4 Å². The molecule has 2 N–H and O–H groups in total. The van der Waals surface area contributed by atoms with E-state index in [1.54, 1.807) is 0 Å². The van der Waals surface area contributed by atoms with E-state index in [2.05, 4.69) is 40.7 Å². The molecular weight excluding hydrogens is 396 g/mol. The van der Waals surface area contributed by atoms with Crippen molar-refractivity contribution in [3.8, 4) is 0 Å². The van der Waals surface area contributed by atoms with Crippen LogP contribution in [0.2, 0.25) is 0 Å². The summed E-state index contributed by atoms with van der Waals surface area (Å²) in [5, 5.41) is 20.2. The van der Waals surface area contributed by atoms with Gasteiger partial charge in [0.2, 0.25) is 0 Å². The molecule has 0 heterocycles. The van der Waals surface area contributed by atoms with Crippen molar-refractivity contribution >= 4 is 5.97 Å². The van der Waals surface area contributed by atoms with E-state index in [1.807, 2.05) is 0 Å². The Hall–Kier alpha value is -0.830. The van der Waals surface area contributed by atoms with Crippen molar-refractivity contribution in [3.63, 3.8) is 0 Å². The first-order valence-electron chi connectivity index (χ1n) is 13.6. The third kappa shape index (κ3) is 4.21. The molecule has 1 unspecified atom stereocenters. The first kappa shape index (κ1) is 24.3. The fourth-order valence-electron chi connectivity index (χ4n) is 9.17. The SMILES string of the molecule is CC(C)CCC[C@@H](C)[C@H]1CC[C@H]2[C@@H]3CC=C4CC(O)(CC(=O)O)CC[C@]4(C)[C@H]3CC[C@]12C. The fourth-order valence-corrected chi connectivity index (χ4v) is 9.17. The standard InChI is InChI=1S/C29H48O3/c1-19(2)7-6-8-20(3)23-11-12-24-22-10-9-21-17-29(32,18-26(30)31)16-15-27(21,4)25(22)13-14-28(23,24)5/h9,19-20,22-25,32H,6-8,10-18H2,1-5H3,(H,30,31)/t20-,22+,23-,24+,25+,27+,28-,29?/m1/s1. The molecule has 3 fully saturated rings. The summed E-state index contributed by atoms with van der Waals surface area (Å²) in [6.07, 6.45) is 15.2. The van der Waals surface area contributed by atoms with Gasteiger partial charge in [-0.25, -0.2) is 0 Å². The number of aliphatic hydroxyl groups is 1. The van der Waals surface area contributed by atoms with Crippen LogP contribution in [0.15, 0.2) is 11.6 Å². The summed E-state index contributed by atoms with van der Waals surface area (Å²) in [5.74, 6) is 3.99. The van der Waals surface area contributed by atoms with Crippen molar-refractivity contribution in [3.05, 3.63) is 11.6 Å². The highest BCUT2D eigenvalue weighted by molar-refractivity contribution is 5.68. The Balaban J connectivity index is 1.49. The maximum absolute atomic E-state index is 11.3. The van der Waals surface area contributed by atoms with Crippen LogP contribution in [-0.4, -0.2) is 21.8 Å². The molecule has 0 bridgehead atoms. The molecule has 0 saturated heterocycles. The third-order valence-corrected chi connectivity index (χ3v) is 10.9. The van der Waals surface area contributed by atoms with Crippen LogP contribution in [0.1, 0.15) is 112 Å². The second-order valence-corrected chi connectivity index (χ2v) is 13.3. The topological polar surface area (TPSA) is 57.5 Å². The van der Waals surface area contributed by atoms with Gasteiger partial charge in [-0.1, -0.05) is 65.5 Å². The average molecular weight is 445 g/mol. The van der Waals surface area contributed by atoms with Gasteiger partial charge in [-0.15, -0.1) is 0 Å². The molecule has 4 rings (SSSR count). The highest BCUT2D eigenvalue weighted by Gasteiger charge is 2.60. The second-order valence-electron chi connectivity index (χ2n) is 13.3. The number of hydrogen-bond donors (Lipinski definition) is 2. The van der Waals surface area contributed by atoms with Gasteiger partial charge in [-0.3, -0.25) is 4.79 Å². The number of carboxylic acids is 1. The number of rotatable bonds is 7. The summed E-state index contributed by atoms with van der Waals surface area (Å²) in [5.41, 5.74) is 0.986. The summed E-state index contributed by atoms with van der Waals surface area (Å²) in [6.45, 7) is 12.3. The molecule has 3 heteroatoms. The summed E-state index contributed by atoms with van der Waals surface area (Å²) < 4.78 is 0. The lowest BCUT2D eigenvalue weighted by Gasteiger charge is -2.59. The van der Waals surface area contributed by atoms with Crippen molar-refractivity contribution in [1.29, 1.82) is 0 Å². The van der Waals surface area contributed by atoms with Crippen LogP contribution in [0.5, 0.6) is 0 Å². The molecule has 8 atom stereocenters. The van der Waals surface area contributed by atoms with E-state index < -0.39 is 11.6 Å². The second kappa shape index (κ2) is 8.75. The van der Waals surface area contributed by atoms with E-state index in [9.17, 15) is 15.0 Å². The predicted molar refractivity (Wildman–Crippen MR) is 130 cm³/mol. The van der Waals surface area contributed by atoms with Crippen LogP contribution in [0.3, 0.4) is 0 Å². The summed E-state index contributed by atoms with van der Waals surface area (Å²) >= 11 is 0. The van der Waals surface area contributed by atoms with Crippen LogP contribution >= 0.6 is 0 Å². The van der Waals surface area contributed by atoms with Crippen LogP contribution in [-0.2, 0) is 4.79 Å². The fraction of sp³-hybridized carbons (Fsp3) is 0.897. The van der Waals surface area contributed by atoms with Gasteiger partial charge in [0.15, 0.2) is 0 Å². The van der Waals surface area contributed by atoms with E-state index >= 15 is 0 Å². The Bertz CT molecular complexity index is 741. The Morgan fingerprint density at radius 2 is 1.81 bits per heavy atom. The van der Waals surface area contributed by atoms with Crippen molar-refractivity contribution in [2.24, 2.45) is 46.3 Å². The average Bonchev–Trinajstić information content (AvgIpc) is 3.05. The largest absolute Gasteiger partial charge is 0.481 e. The highest BCUT2D eigenvalue weighted by Crippen LogP contribution is 2.67. The zero-order valence-electron chi connectivity index (χ0n) is 21.3. The first-order valence-corrected chi connectivity index (χ1v) is 13.6. The van der Waals surface area contributed by atoms with E-state index in [4.69, 9.17) is 0 Å². The smallest absolute Gasteiger partial charge is 0.306 e. The summed E-state index contributed by atoms with van der Waals surface area (Å²) in [7, 11) is 0. The number of allylic oxidation sites excluding steroid dienone is 1. The molecule has 4 aliphatic carbocycles. The van der Waals surface area contributed by atoms with Gasteiger partial charge in [-0.05, 0) is 97.7 Å². The number of fused-ring (bicyclic) bond motifs is 5. The Kier molecular flexibility index (Phi) is 6.64. The van der Waals surface area contributed by atoms with Crippen molar-refractivity contribution in [2.45, 2.75) is 117 Å². The first-order chi connectivity index (χ1) is 15.0. The summed E-state index contributed by atoms with van der Waals surface area (Å²) in [4.78, 5) is 11.3. The zero-order chi connectivity index (χ0) is 23.3. The van der Waals surface area contributed by atoms with Crippen LogP contribution in [0, 0.1) is 46.3 Å². The van der Waals surface area contributed by atoms with Gasteiger partial charge in [0.05, 0.1) is 12.0 Å². The molecule has 182 valence electrons. The zero-order valence-corrected chi connectivity index (χ0v) is 21.3. The molecule has 0 spiro atoms. The van der Waals surface area contributed by atoms with Crippen molar-refractivity contribution in [1.82, 2.24) is 0 Å². The molecule has 3 saturated carbocycles. The molecule has 0 aromatic heterocycles. The van der Waals surface area contributed by atoms with Gasteiger partial charge >= 0.3 is 5.97 Å². The van der Waals surface area contributed by atoms with E-state index in [1.165, 1.54) is 50.5 Å². The number of hydrogen-bond acceptors (Lipinski definition) is 2. The van der Waals surface area contributed by atoms with Gasteiger partial charge in [0.25, 0.3) is 0 Å². The number of carboxylic acid groups (broad SMARTS) is 1. The van der Waals surface area contributed by atoms with Gasteiger partial charge in [-0.2, -0.15) is 0 Å².